The summed E-state index contributed by atoms with van der Waals surface area (Å²) < 4.78 is 1.01. The van der Waals surface area contributed by atoms with E-state index in [1.165, 1.54) is 25.7 Å². The molecule has 0 spiro atoms. The second-order valence-electron chi connectivity index (χ2n) is 7.74. The van der Waals surface area contributed by atoms with Crippen molar-refractivity contribution in [2.45, 2.75) is 71.6 Å². The van der Waals surface area contributed by atoms with Crippen LogP contribution in [-0.2, 0) is 5.41 Å². The minimum atomic E-state index is 0.0114. The van der Waals surface area contributed by atoms with Gasteiger partial charge in [0.2, 0.25) is 0 Å². The Bertz CT molecular complexity index is 497. The predicted molar refractivity (Wildman–Crippen MR) is 97.4 cm³/mol. The van der Waals surface area contributed by atoms with E-state index in [0.29, 0.717) is 11.7 Å². The molecule has 1 aromatic rings. The van der Waals surface area contributed by atoms with Gasteiger partial charge in [0.25, 0.3) is 0 Å². The van der Waals surface area contributed by atoms with E-state index in [-0.39, 0.29) is 5.41 Å². The Kier molecular flexibility index (Phi) is 5.16. The number of halogens is 1. The highest BCUT2D eigenvalue weighted by Gasteiger charge is 2.29. The summed E-state index contributed by atoms with van der Waals surface area (Å²) in [6.45, 7) is 11.2. The molecule has 0 aliphatic heterocycles. The Balaban J connectivity index is 2.24. The lowest BCUT2D eigenvalue weighted by atomic mass is 9.76. The van der Waals surface area contributed by atoms with Crippen LogP contribution >= 0.6 is 22.6 Å². The summed E-state index contributed by atoms with van der Waals surface area (Å²) in [6, 6.07) is 0. The number of nitrogens with zero attached hydrogens (tertiary/aromatic N) is 2. The SMILES string of the molecule is CC(C)C1CCC(c2nc(N)c(I)c(C(C)(C)C)n2)CC1. The van der Waals surface area contributed by atoms with Crippen LogP contribution < -0.4 is 5.73 Å². The summed E-state index contributed by atoms with van der Waals surface area (Å²) in [7, 11) is 0. The van der Waals surface area contributed by atoms with Gasteiger partial charge in [-0.25, -0.2) is 9.97 Å². The highest BCUT2D eigenvalue weighted by molar-refractivity contribution is 14.1. The number of hydrogen-bond donors (Lipinski definition) is 1. The van der Waals surface area contributed by atoms with Gasteiger partial charge in [0.05, 0.1) is 9.26 Å². The van der Waals surface area contributed by atoms with Gasteiger partial charge < -0.3 is 5.73 Å². The maximum absolute atomic E-state index is 6.14. The molecule has 0 atom stereocenters. The topological polar surface area (TPSA) is 51.8 Å². The lowest BCUT2D eigenvalue weighted by molar-refractivity contribution is 0.254. The van der Waals surface area contributed by atoms with E-state index in [0.717, 1.165) is 26.9 Å². The summed E-state index contributed by atoms with van der Waals surface area (Å²) in [5.41, 5.74) is 7.25. The first-order valence-electron chi connectivity index (χ1n) is 8.03. The fraction of sp³-hybridized carbons (Fsp3) is 0.765. The zero-order chi connectivity index (χ0) is 15.8. The normalized spacial score (nSPS) is 23.6. The van der Waals surface area contributed by atoms with Gasteiger partial charge in [-0.3, -0.25) is 0 Å². The van der Waals surface area contributed by atoms with Gasteiger partial charge in [0, 0.05) is 11.3 Å². The maximum Gasteiger partial charge on any atom is 0.140 e. The van der Waals surface area contributed by atoms with Crippen LogP contribution in [0.4, 0.5) is 5.82 Å². The Labute approximate surface area is 142 Å². The van der Waals surface area contributed by atoms with Gasteiger partial charge in [-0.05, 0) is 60.1 Å². The number of anilines is 1. The largest absolute Gasteiger partial charge is 0.383 e. The molecule has 0 radical (unpaired) electrons. The molecular formula is C17H28IN3. The molecule has 0 amide bonds. The fourth-order valence-corrected chi connectivity index (χ4v) is 4.26. The van der Waals surface area contributed by atoms with Crippen LogP contribution in [-0.4, -0.2) is 9.97 Å². The number of aromatic nitrogens is 2. The van der Waals surface area contributed by atoms with Crippen molar-refractivity contribution in [1.29, 1.82) is 0 Å². The lowest BCUT2D eigenvalue weighted by Crippen LogP contribution is -2.23. The van der Waals surface area contributed by atoms with Crippen LogP contribution in [0.25, 0.3) is 0 Å². The average Bonchev–Trinajstić information content (AvgIpc) is 2.40. The molecule has 2 N–H and O–H groups in total. The van der Waals surface area contributed by atoms with Crippen LogP contribution in [0.3, 0.4) is 0 Å². The van der Waals surface area contributed by atoms with Crippen molar-refractivity contribution in [2.75, 3.05) is 5.73 Å². The lowest BCUT2D eigenvalue weighted by Gasteiger charge is -2.31. The van der Waals surface area contributed by atoms with Crippen LogP contribution in [0, 0.1) is 15.4 Å². The number of hydrogen-bond acceptors (Lipinski definition) is 3. The Hall–Kier alpha value is -0.390. The minimum Gasteiger partial charge on any atom is -0.383 e. The third-order valence-electron chi connectivity index (χ3n) is 4.68. The maximum atomic E-state index is 6.14. The monoisotopic (exact) mass is 401 g/mol. The summed E-state index contributed by atoms with van der Waals surface area (Å²) in [4.78, 5) is 9.50. The molecule has 1 saturated carbocycles. The Morgan fingerprint density at radius 3 is 2.14 bits per heavy atom. The highest BCUT2D eigenvalue weighted by atomic mass is 127. The first kappa shape index (κ1) is 17.0. The third-order valence-corrected chi connectivity index (χ3v) is 5.75. The van der Waals surface area contributed by atoms with E-state index in [2.05, 4.69) is 62.2 Å². The van der Waals surface area contributed by atoms with E-state index in [1.807, 2.05) is 0 Å². The van der Waals surface area contributed by atoms with Crippen molar-refractivity contribution in [3.8, 4) is 0 Å². The molecule has 1 heterocycles. The molecule has 3 nitrogen and oxygen atoms in total. The first-order chi connectivity index (χ1) is 9.70. The third kappa shape index (κ3) is 3.88. The molecule has 0 bridgehead atoms. The highest BCUT2D eigenvalue weighted by Crippen LogP contribution is 2.39. The van der Waals surface area contributed by atoms with Gasteiger partial charge >= 0.3 is 0 Å². The Morgan fingerprint density at radius 2 is 1.67 bits per heavy atom. The molecule has 2 rings (SSSR count). The van der Waals surface area contributed by atoms with E-state index >= 15 is 0 Å². The molecule has 0 unspecified atom stereocenters. The molecule has 118 valence electrons. The zero-order valence-corrected chi connectivity index (χ0v) is 16.1. The first-order valence-corrected chi connectivity index (χ1v) is 9.11. The van der Waals surface area contributed by atoms with E-state index in [4.69, 9.17) is 10.7 Å². The quantitative estimate of drug-likeness (QED) is 0.718. The standard InChI is InChI=1S/C17H28IN3/c1-10(2)11-6-8-12(9-7-11)16-20-14(17(3,4)5)13(18)15(19)21-16/h10-12H,6-9H2,1-5H3,(H2,19,20,21). The van der Waals surface area contributed by atoms with Crippen molar-refractivity contribution in [1.82, 2.24) is 9.97 Å². The molecule has 1 fully saturated rings. The molecule has 4 heteroatoms. The second kappa shape index (κ2) is 6.39. The van der Waals surface area contributed by atoms with Crippen molar-refractivity contribution < 1.29 is 0 Å². The van der Waals surface area contributed by atoms with E-state index in [9.17, 15) is 0 Å². The molecule has 21 heavy (non-hydrogen) atoms. The van der Waals surface area contributed by atoms with Crippen LogP contribution in [0.15, 0.2) is 0 Å². The predicted octanol–water partition coefficient (Wildman–Crippen LogP) is 4.89. The average molecular weight is 401 g/mol. The number of nitrogens with two attached hydrogens (primary N) is 1. The van der Waals surface area contributed by atoms with Crippen LogP contribution in [0.5, 0.6) is 0 Å². The molecule has 0 saturated heterocycles. The van der Waals surface area contributed by atoms with E-state index in [1.54, 1.807) is 0 Å². The molecular weight excluding hydrogens is 373 g/mol. The second-order valence-corrected chi connectivity index (χ2v) is 8.81. The minimum absolute atomic E-state index is 0.0114. The molecule has 1 aliphatic rings. The van der Waals surface area contributed by atoms with Crippen LogP contribution in [0.2, 0.25) is 0 Å². The van der Waals surface area contributed by atoms with Crippen molar-refractivity contribution >= 4 is 28.4 Å². The van der Waals surface area contributed by atoms with Gasteiger partial charge in [-0.15, -0.1) is 0 Å². The number of rotatable bonds is 2. The van der Waals surface area contributed by atoms with E-state index < -0.39 is 0 Å². The summed E-state index contributed by atoms with van der Waals surface area (Å²) >= 11 is 2.28. The number of nitrogen functional groups attached to an aromatic ring is 1. The Morgan fingerprint density at radius 1 is 1.10 bits per heavy atom. The van der Waals surface area contributed by atoms with Crippen LogP contribution in [0.1, 0.15) is 77.7 Å². The summed E-state index contributed by atoms with van der Waals surface area (Å²) in [6.07, 6.45) is 4.99. The van der Waals surface area contributed by atoms with Gasteiger partial charge in [0.1, 0.15) is 11.6 Å². The zero-order valence-electron chi connectivity index (χ0n) is 13.9. The van der Waals surface area contributed by atoms with Crippen molar-refractivity contribution in [3.05, 3.63) is 15.1 Å². The fourth-order valence-electron chi connectivity index (χ4n) is 3.21. The summed E-state index contributed by atoms with van der Waals surface area (Å²) in [5.74, 6) is 3.76. The van der Waals surface area contributed by atoms with Gasteiger partial charge in [-0.1, -0.05) is 34.6 Å². The molecule has 0 aromatic carbocycles. The smallest absolute Gasteiger partial charge is 0.140 e. The molecule has 1 aromatic heterocycles. The van der Waals surface area contributed by atoms with Crippen molar-refractivity contribution in [2.24, 2.45) is 11.8 Å². The van der Waals surface area contributed by atoms with Crippen molar-refractivity contribution in [3.63, 3.8) is 0 Å². The van der Waals surface area contributed by atoms with Gasteiger partial charge in [-0.2, -0.15) is 0 Å². The van der Waals surface area contributed by atoms with Gasteiger partial charge in [0.15, 0.2) is 0 Å². The summed E-state index contributed by atoms with van der Waals surface area (Å²) in [5, 5.41) is 0. The molecule has 1 aliphatic carbocycles.